The molecule has 2 aromatic carbocycles. The number of ether oxygens (including phenoxy) is 1. The van der Waals surface area contributed by atoms with Crippen molar-refractivity contribution in [2.45, 2.75) is 26.3 Å². The van der Waals surface area contributed by atoms with Crippen LogP contribution in [0.1, 0.15) is 28.3 Å². The maximum absolute atomic E-state index is 6.31. The Morgan fingerprint density at radius 3 is 2.30 bits per heavy atom. The lowest BCUT2D eigenvalue weighted by atomic mass is 9.96. The van der Waals surface area contributed by atoms with E-state index < -0.39 is 0 Å². The molecule has 1 atom stereocenters. The van der Waals surface area contributed by atoms with Crippen LogP contribution in [-0.4, -0.2) is 7.11 Å². The van der Waals surface area contributed by atoms with Crippen LogP contribution in [0.15, 0.2) is 36.4 Å². The number of hydrogen-bond acceptors (Lipinski definition) is 2. The lowest BCUT2D eigenvalue weighted by molar-refractivity contribution is 0.414. The summed E-state index contributed by atoms with van der Waals surface area (Å²) in [5, 5.41) is 0.745. The van der Waals surface area contributed by atoms with E-state index in [9.17, 15) is 0 Å². The predicted octanol–water partition coefficient (Wildman–Crippen LogP) is 4.21. The Hall–Kier alpha value is -1.51. The highest BCUT2D eigenvalue weighted by atomic mass is 35.5. The second kappa shape index (κ2) is 6.29. The quantitative estimate of drug-likeness (QED) is 0.915. The van der Waals surface area contributed by atoms with Gasteiger partial charge in [-0.2, -0.15) is 0 Å². The van der Waals surface area contributed by atoms with E-state index in [2.05, 4.69) is 19.9 Å². The van der Waals surface area contributed by atoms with Crippen molar-refractivity contribution in [1.29, 1.82) is 0 Å². The number of methoxy groups -OCH3 is 1. The molecule has 106 valence electrons. The Balaban J connectivity index is 2.18. The van der Waals surface area contributed by atoms with Crippen LogP contribution in [0.2, 0.25) is 5.02 Å². The zero-order valence-electron chi connectivity index (χ0n) is 12.1. The molecule has 0 saturated carbocycles. The van der Waals surface area contributed by atoms with Crippen LogP contribution >= 0.6 is 11.6 Å². The molecule has 0 fully saturated rings. The lowest BCUT2D eigenvalue weighted by Gasteiger charge is -2.16. The molecule has 0 heterocycles. The number of rotatable bonds is 4. The molecule has 3 heteroatoms. The molecule has 0 aliphatic carbocycles. The minimum Gasteiger partial charge on any atom is -0.497 e. The highest BCUT2D eigenvalue weighted by Gasteiger charge is 2.12. The van der Waals surface area contributed by atoms with Gasteiger partial charge in [-0.25, -0.2) is 0 Å². The van der Waals surface area contributed by atoms with Crippen molar-refractivity contribution in [2.24, 2.45) is 5.73 Å². The van der Waals surface area contributed by atoms with Gasteiger partial charge >= 0.3 is 0 Å². The van der Waals surface area contributed by atoms with Gasteiger partial charge < -0.3 is 10.5 Å². The summed E-state index contributed by atoms with van der Waals surface area (Å²) >= 11 is 6.31. The Kier molecular flexibility index (Phi) is 4.69. The molecule has 2 nitrogen and oxygen atoms in total. The summed E-state index contributed by atoms with van der Waals surface area (Å²) in [5.41, 5.74) is 10.9. The van der Waals surface area contributed by atoms with Gasteiger partial charge in [0.25, 0.3) is 0 Å². The highest BCUT2D eigenvalue weighted by molar-refractivity contribution is 6.31. The zero-order valence-corrected chi connectivity index (χ0v) is 12.9. The second-order valence-corrected chi connectivity index (χ2v) is 5.52. The second-order valence-electron chi connectivity index (χ2n) is 5.12. The Morgan fingerprint density at radius 2 is 1.70 bits per heavy atom. The van der Waals surface area contributed by atoms with Crippen molar-refractivity contribution in [1.82, 2.24) is 0 Å². The van der Waals surface area contributed by atoms with Crippen LogP contribution in [0.25, 0.3) is 0 Å². The summed E-state index contributed by atoms with van der Waals surface area (Å²) in [6.45, 7) is 4.13. The summed E-state index contributed by atoms with van der Waals surface area (Å²) in [4.78, 5) is 0. The Labute approximate surface area is 125 Å². The Morgan fingerprint density at radius 1 is 1.10 bits per heavy atom. The van der Waals surface area contributed by atoms with Crippen LogP contribution < -0.4 is 10.5 Å². The normalized spacial score (nSPS) is 12.2. The molecule has 0 amide bonds. The minimum atomic E-state index is -0.102. The average molecular weight is 290 g/mol. The van der Waals surface area contributed by atoms with Crippen LogP contribution in [0.4, 0.5) is 0 Å². The van der Waals surface area contributed by atoms with Gasteiger partial charge in [-0.3, -0.25) is 0 Å². The number of hydrogen-bond donors (Lipinski definition) is 1. The van der Waals surface area contributed by atoms with Crippen molar-refractivity contribution in [3.05, 3.63) is 63.7 Å². The van der Waals surface area contributed by atoms with E-state index in [-0.39, 0.29) is 6.04 Å². The van der Waals surface area contributed by atoms with Gasteiger partial charge in [0.2, 0.25) is 0 Å². The molecule has 20 heavy (non-hydrogen) atoms. The fourth-order valence-electron chi connectivity index (χ4n) is 2.21. The molecular formula is C17H20ClNO. The van der Waals surface area contributed by atoms with Gasteiger partial charge in [-0.05, 0) is 60.7 Å². The van der Waals surface area contributed by atoms with E-state index in [4.69, 9.17) is 22.1 Å². The largest absolute Gasteiger partial charge is 0.497 e. The summed E-state index contributed by atoms with van der Waals surface area (Å²) in [6, 6.07) is 11.9. The molecule has 0 bridgehead atoms. The van der Waals surface area contributed by atoms with E-state index >= 15 is 0 Å². The van der Waals surface area contributed by atoms with E-state index in [0.717, 1.165) is 22.8 Å². The topological polar surface area (TPSA) is 35.2 Å². The summed E-state index contributed by atoms with van der Waals surface area (Å²) in [6.07, 6.45) is 0.756. The number of nitrogens with two attached hydrogens (primary N) is 1. The van der Waals surface area contributed by atoms with Crippen LogP contribution in [0, 0.1) is 13.8 Å². The van der Waals surface area contributed by atoms with Crippen molar-refractivity contribution in [3.8, 4) is 5.75 Å². The van der Waals surface area contributed by atoms with Gasteiger partial charge in [-0.15, -0.1) is 0 Å². The van der Waals surface area contributed by atoms with Gasteiger partial charge in [0.05, 0.1) is 7.11 Å². The summed E-state index contributed by atoms with van der Waals surface area (Å²) in [5.74, 6) is 0.853. The minimum absolute atomic E-state index is 0.102. The average Bonchev–Trinajstić information content (AvgIpc) is 2.43. The molecule has 2 rings (SSSR count). The standard InChI is InChI=1S/C17H20ClNO/c1-11-8-15(16(18)9-12(11)2)17(19)10-13-4-6-14(20-3)7-5-13/h4-9,17H,10,19H2,1-3H3. The highest BCUT2D eigenvalue weighted by Crippen LogP contribution is 2.27. The molecule has 0 aliphatic heterocycles. The number of halogens is 1. The smallest absolute Gasteiger partial charge is 0.118 e. The van der Waals surface area contributed by atoms with E-state index in [1.165, 1.54) is 16.7 Å². The first kappa shape index (κ1) is 14.9. The maximum Gasteiger partial charge on any atom is 0.118 e. The monoisotopic (exact) mass is 289 g/mol. The molecule has 1 unspecified atom stereocenters. The molecule has 0 aromatic heterocycles. The fraction of sp³-hybridized carbons (Fsp3) is 0.294. The fourth-order valence-corrected chi connectivity index (χ4v) is 2.57. The maximum atomic E-state index is 6.31. The van der Waals surface area contributed by atoms with Crippen molar-refractivity contribution >= 4 is 11.6 Å². The van der Waals surface area contributed by atoms with Gasteiger partial charge in [-0.1, -0.05) is 29.8 Å². The van der Waals surface area contributed by atoms with E-state index in [0.29, 0.717) is 0 Å². The summed E-state index contributed by atoms with van der Waals surface area (Å²) in [7, 11) is 1.66. The SMILES string of the molecule is COc1ccc(CC(N)c2cc(C)c(C)cc2Cl)cc1. The van der Waals surface area contributed by atoms with E-state index in [1.807, 2.05) is 30.3 Å². The molecule has 0 saturated heterocycles. The number of aryl methyl sites for hydroxylation is 2. The molecule has 2 N–H and O–H groups in total. The van der Waals surface area contributed by atoms with Crippen molar-refractivity contribution in [3.63, 3.8) is 0 Å². The Bertz CT molecular complexity index is 593. The molecule has 2 aromatic rings. The molecule has 0 aliphatic rings. The first-order valence-corrected chi connectivity index (χ1v) is 7.04. The lowest BCUT2D eigenvalue weighted by Crippen LogP contribution is -2.14. The third-order valence-electron chi connectivity index (χ3n) is 3.63. The molecule has 0 radical (unpaired) electrons. The van der Waals surface area contributed by atoms with Crippen LogP contribution in [0.3, 0.4) is 0 Å². The van der Waals surface area contributed by atoms with Crippen molar-refractivity contribution < 1.29 is 4.74 Å². The van der Waals surface area contributed by atoms with Gasteiger partial charge in [0.15, 0.2) is 0 Å². The zero-order chi connectivity index (χ0) is 14.7. The number of benzene rings is 2. The van der Waals surface area contributed by atoms with Crippen molar-refractivity contribution in [2.75, 3.05) is 7.11 Å². The van der Waals surface area contributed by atoms with Gasteiger partial charge in [0, 0.05) is 11.1 Å². The first-order chi connectivity index (χ1) is 9.51. The third-order valence-corrected chi connectivity index (χ3v) is 3.95. The summed E-state index contributed by atoms with van der Waals surface area (Å²) < 4.78 is 5.15. The van der Waals surface area contributed by atoms with Crippen LogP contribution in [0.5, 0.6) is 5.75 Å². The van der Waals surface area contributed by atoms with Gasteiger partial charge in [0.1, 0.15) is 5.75 Å². The van der Waals surface area contributed by atoms with E-state index in [1.54, 1.807) is 7.11 Å². The van der Waals surface area contributed by atoms with Crippen LogP contribution in [-0.2, 0) is 6.42 Å². The third kappa shape index (κ3) is 3.33. The molecule has 0 spiro atoms. The molecular weight excluding hydrogens is 270 g/mol. The first-order valence-electron chi connectivity index (χ1n) is 6.66. The predicted molar refractivity (Wildman–Crippen MR) is 84.6 cm³/mol.